The fourth-order valence-electron chi connectivity index (χ4n) is 1.92. The summed E-state index contributed by atoms with van der Waals surface area (Å²) in [6.07, 6.45) is 2.07. The number of carbonyl (C=O) groups excluding carboxylic acids is 1. The van der Waals surface area contributed by atoms with Gasteiger partial charge < -0.3 is 4.74 Å². The molecule has 0 aromatic heterocycles. The standard InChI is InChI=1S/C18H17FO2/c1-2-21-18(20)16-11-9-15(10-12-16)17(19)13-8-14-6-4-3-5-7-14/h3-7,9-13H,2,8H2,1H3/b17-13-. The number of rotatable bonds is 5. The zero-order valence-electron chi connectivity index (χ0n) is 11.9. The van der Waals surface area contributed by atoms with Crippen molar-refractivity contribution in [3.8, 4) is 0 Å². The van der Waals surface area contributed by atoms with Crippen LogP contribution in [-0.2, 0) is 11.2 Å². The number of hydrogen-bond donors (Lipinski definition) is 0. The Balaban J connectivity index is 2.05. The van der Waals surface area contributed by atoms with Crippen molar-refractivity contribution >= 4 is 11.8 Å². The van der Waals surface area contributed by atoms with Crippen LogP contribution in [0.5, 0.6) is 0 Å². The number of allylic oxidation sites excluding steroid dienone is 1. The van der Waals surface area contributed by atoms with E-state index < -0.39 is 5.97 Å². The summed E-state index contributed by atoms with van der Waals surface area (Å²) >= 11 is 0. The van der Waals surface area contributed by atoms with Crippen molar-refractivity contribution in [2.75, 3.05) is 6.61 Å². The maximum absolute atomic E-state index is 14.0. The van der Waals surface area contributed by atoms with Crippen LogP contribution in [0.2, 0.25) is 0 Å². The molecule has 2 nitrogen and oxygen atoms in total. The zero-order valence-corrected chi connectivity index (χ0v) is 11.9. The lowest BCUT2D eigenvalue weighted by atomic mass is 10.1. The normalized spacial score (nSPS) is 11.2. The van der Waals surface area contributed by atoms with E-state index in [4.69, 9.17) is 4.74 Å². The third-order valence-electron chi connectivity index (χ3n) is 3.03. The fourth-order valence-corrected chi connectivity index (χ4v) is 1.92. The minimum atomic E-state index is -0.391. The van der Waals surface area contributed by atoms with Crippen LogP contribution in [0.15, 0.2) is 60.7 Å². The largest absolute Gasteiger partial charge is 0.462 e. The van der Waals surface area contributed by atoms with Gasteiger partial charge in [0.1, 0.15) is 5.83 Å². The quantitative estimate of drug-likeness (QED) is 0.760. The number of benzene rings is 2. The van der Waals surface area contributed by atoms with E-state index in [9.17, 15) is 9.18 Å². The van der Waals surface area contributed by atoms with Gasteiger partial charge in [-0.05, 0) is 37.1 Å². The number of halogens is 1. The first-order valence-electron chi connectivity index (χ1n) is 6.88. The van der Waals surface area contributed by atoms with Gasteiger partial charge in [0, 0.05) is 5.56 Å². The van der Waals surface area contributed by atoms with E-state index in [1.165, 1.54) is 6.08 Å². The minimum Gasteiger partial charge on any atom is -0.462 e. The molecule has 0 atom stereocenters. The van der Waals surface area contributed by atoms with Crippen molar-refractivity contribution < 1.29 is 13.9 Å². The number of esters is 1. The van der Waals surface area contributed by atoms with Crippen molar-refractivity contribution in [1.29, 1.82) is 0 Å². The monoisotopic (exact) mass is 284 g/mol. The highest BCUT2D eigenvalue weighted by molar-refractivity contribution is 5.89. The SMILES string of the molecule is CCOC(=O)c1ccc(/C(F)=C/Cc2ccccc2)cc1. The van der Waals surface area contributed by atoms with Crippen LogP contribution in [0, 0.1) is 0 Å². The fraction of sp³-hybridized carbons (Fsp3) is 0.167. The third-order valence-corrected chi connectivity index (χ3v) is 3.03. The molecule has 0 unspecified atom stereocenters. The van der Waals surface area contributed by atoms with Crippen LogP contribution < -0.4 is 0 Å². The molecular weight excluding hydrogens is 267 g/mol. The molecule has 0 aliphatic heterocycles. The number of carbonyl (C=O) groups is 1. The van der Waals surface area contributed by atoms with E-state index in [2.05, 4.69) is 0 Å². The summed E-state index contributed by atoms with van der Waals surface area (Å²) in [6, 6.07) is 16.0. The molecule has 2 aromatic carbocycles. The number of hydrogen-bond acceptors (Lipinski definition) is 2. The van der Waals surface area contributed by atoms with Crippen LogP contribution in [-0.4, -0.2) is 12.6 Å². The Hall–Kier alpha value is -2.42. The van der Waals surface area contributed by atoms with Gasteiger partial charge in [0.25, 0.3) is 0 Å². The Bertz CT molecular complexity index is 615. The van der Waals surface area contributed by atoms with Crippen molar-refractivity contribution in [2.24, 2.45) is 0 Å². The molecule has 0 heterocycles. The lowest BCUT2D eigenvalue weighted by molar-refractivity contribution is 0.0526. The summed E-state index contributed by atoms with van der Waals surface area (Å²) < 4.78 is 18.9. The molecule has 0 spiro atoms. The minimum absolute atomic E-state index is 0.297. The first kappa shape index (κ1) is 15.0. The van der Waals surface area contributed by atoms with Gasteiger partial charge in [-0.3, -0.25) is 0 Å². The molecular formula is C18H17FO2. The van der Waals surface area contributed by atoms with Gasteiger partial charge in [0.2, 0.25) is 0 Å². The van der Waals surface area contributed by atoms with E-state index in [1.807, 2.05) is 30.3 Å². The highest BCUT2D eigenvalue weighted by atomic mass is 19.1. The molecule has 0 N–H and O–H groups in total. The predicted molar refractivity (Wildman–Crippen MR) is 81.6 cm³/mol. The Morgan fingerprint density at radius 2 is 1.67 bits per heavy atom. The maximum Gasteiger partial charge on any atom is 0.338 e. The Kier molecular flexibility index (Phi) is 5.27. The Labute approximate surface area is 123 Å². The first-order valence-corrected chi connectivity index (χ1v) is 6.88. The van der Waals surface area contributed by atoms with Crippen molar-refractivity contribution in [1.82, 2.24) is 0 Å². The van der Waals surface area contributed by atoms with Gasteiger partial charge in [-0.25, -0.2) is 9.18 Å². The van der Waals surface area contributed by atoms with Crippen LogP contribution in [0.1, 0.15) is 28.4 Å². The molecule has 21 heavy (non-hydrogen) atoms. The van der Waals surface area contributed by atoms with Crippen molar-refractivity contribution in [3.05, 3.63) is 77.4 Å². The molecule has 0 radical (unpaired) electrons. The lowest BCUT2D eigenvalue weighted by Crippen LogP contribution is -2.04. The molecule has 0 fully saturated rings. The lowest BCUT2D eigenvalue weighted by Gasteiger charge is -2.03. The highest BCUT2D eigenvalue weighted by Gasteiger charge is 2.07. The number of ether oxygens (including phenoxy) is 1. The van der Waals surface area contributed by atoms with E-state index in [0.29, 0.717) is 24.2 Å². The summed E-state index contributed by atoms with van der Waals surface area (Å²) in [5, 5.41) is 0. The second-order valence-electron chi connectivity index (χ2n) is 4.54. The molecule has 108 valence electrons. The summed E-state index contributed by atoms with van der Waals surface area (Å²) in [5.74, 6) is -0.688. The third kappa shape index (κ3) is 4.28. The Morgan fingerprint density at radius 1 is 1.05 bits per heavy atom. The van der Waals surface area contributed by atoms with Gasteiger partial charge in [-0.15, -0.1) is 0 Å². The summed E-state index contributed by atoms with van der Waals surface area (Å²) in [7, 11) is 0. The average molecular weight is 284 g/mol. The van der Waals surface area contributed by atoms with Crippen molar-refractivity contribution in [3.63, 3.8) is 0 Å². The second-order valence-corrected chi connectivity index (χ2v) is 4.54. The topological polar surface area (TPSA) is 26.3 Å². The smallest absolute Gasteiger partial charge is 0.338 e. The van der Waals surface area contributed by atoms with Gasteiger partial charge in [-0.1, -0.05) is 42.5 Å². The average Bonchev–Trinajstić information content (AvgIpc) is 2.54. The maximum atomic E-state index is 14.0. The molecule has 0 saturated carbocycles. The molecule has 3 heteroatoms. The first-order chi connectivity index (χ1) is 10.2. The molecule has 0 aliphatic carbocycles. The van der Waals surface area contributed by atoms with Gasteiger partial charge in [0.05, 0.1) is 12.2 Å². The van der Waals surface area contributed by atoms with E-state index in [-0.39, 0.29) is 5.83 Å². The second kappa shape index (κ2) is 7.39. The van der Waals surface area contributed by atoms with Gasteiger partial charge >= 0.3 is 5.97 Å². The van der Waals surface area contributed by atoms with Crippen LogP contribution in [0.4, 0.5) is 4.39 Å². The molecule has 0 amide bonds. The van der Waals surface area contributed by atoms with Crippen LogP contribution in [0.3, 0.4) is 0 Å². The Morgan fingerprint density at radius 3 is 2.29 bits per heavy atom. The molecule has 0 bridgehead atoms. The summed E-state index contributed by atoms with van der Waals surface area (Å²) in [5.41, 5.74) is 1.94. The molecule has 2 rings (SSSR count). The molecule has 2 aromatic rings. The zero-order chi connectivity index (χ0) is 15.1. The van der Waals surface area contributed by atoms with Crippen LogP contribution in [0.25, 0.3) is 5.83 Å². The summed E-state index contributed by atoms with van der Waals surface area (Å²) in [6.45, 7) is 2.07. The van der Waals surface area contributed by atoms with Crippen molar-refractivity contribution in [2.45, 2.75) is 13.3 Å². The summed E-state index contributed by atoms with van der Waals surface area (Å²) in [4.78, 5) is 11.5. The van der Waals surface area contributed by atoms with E-state index >= 15 is 0 Å². The molecule has 0 saturated heterocycles. The van der Waals surface area contributed by atoms with Gasteiger partial charge in [0.15, 0.2) is 0 Å². The highest BCUT2D eigenvalue weighted by Crippen LogP contribution is 2.18. The predicted octanol–water partition coefficient (Wildman–Crippen LogP) is 4.42. The molecule has 0 aliphatic rings. The van der Waals surface area contributed by atoms with E-state index in [0.717, 1.165) is 5.56 Å². The van der Waals surface area contributed by atoms with Gasteiger partial charge in [-0.2, -0.15) is 0 Å². The van der Waals surface area contributed by atoms with E-state index in [1.54, 1.807) is 31.2 Å². The van der Waals surface area contributed by atoms with Crippen LogP contribution >= 0.6 is 0 Å².